The van der Waals surface area contributed by atoms with Crippen LogP contribution in [0.4, 0.5) is 0 Å². The van der Waals surface area contributed by atoms with E-state index in [1.165, 1.54) is 17.3 Å². The third-order valence-corrected chi connectivity index (χ3v) is 7.36. The number of hydrogen-bond donors (Lipinski definition) is 0. The highest BCUT2D eigenvalue weighted by Gasteiger charge is 2.35. The standard InChI is InChI=1S/C26H25N3O2S2/c1-17-10-11-18(2)22(13-17)24-19(15-29(27-24)20-7-4-3-5-8-20)14-23-25(30)28(26(32)33-23)16-21-9-6-12-31-21/h3-5,7-8,10-11,13-15,21H,6,9,12,16H2,1-2H3/b23-14+. The molecule has 2 fully saturated rings. The lowest BCUT2D eigenvalue weighted by Crippen LogP contribution is -2.35. The predicted molar refractivity (Wildman–Crippen MR) is 137 cm³/mol. The smallest absolute Gasteiger partial charge is 0.266 e. The van der Waals surface area contributed by atoms with Crippen LogP contribution in [-0.4, -0.2) is 44.2 Å². The number of aryl methyl sites for hydroxylation is 2. The van der Waals surface area contributed by atoms with Gasteiger partial charge in [-0.25, -0.2) is 4.68 Å². The van der Waals surface area contributed by atoms with Crippen LogP contribution in [0.5, 0.6) is 0 Å². The first kappa shape index (κ1) is 22.1. The number of ether oxygens (including phenoxy) is 1. The first-order valence-corrected chi connectivity index (χ1v) is 12.3. The van der Waals surface area contributed by atoms with Crippen molar-refractivity contribution < 1.29 is 9.53 Å². The molecule has 0 radical (unpaired) electrons. The summed E-state index contributed by atoms with van der Waals surface area (Å²) < 4.78 is 8.18. The molecule has 2 aliphatic rings. The normalized spacial score (nSPS) is 19.8. The minimum Gasteiger partial charge on any atom is -0.376 e. The molecule has 2 saturated heterocycles. The van der Waals surface area contributed by atoms with Gasteiger partial charge in [0.15, 0.2) is 0 Å². The second kappa shape index (κ2) is 9.25. The molecule has 168 valence electrons. The van der Waals surface area contributed by atoms with Gasteiger partial charge in [0.25, 0.3) is 5.91 Å². The van der Waals surface area contributed by atoms with Crippen LogP contribution in [0.15, 0.2) is 59.6 Å². The number of amides is 1. The van der Waals surface area contributed by atoms with Gasteiger partial charge in [-0.1, -0.05) is 59.9 Å². The molecule has 1 atom stereocenters. The van der Waals surface area contributed by atoms with Crippen molar-refractivity contribution in [3.8, 4) is 16.9 Å². The second-order valence-corrected chi connectivity index (χ2v) is 10.1. The Labute approximate surface area is 203 Å². The van der Waals surface area contributed by atoms with E-state index in [-0.39, 0.29) is 12.0 Å². The van der Waals surface area contributed by atoms with Gasteiger partial charge in [0.1, 0.15) is 10.0 Å². The molecular formula is C26H25N3O2S2. The number of para-hydroxylation sites is 1. The molecule has 5 rings (SSSR count). The number of benzene rings is 2. The number of thioether (sulfide) groups is 1. The van der Waals surface area contributed by atoms with E-state index in [1.807, 2.05) is 47.3 Å². The molecule has 2 aliphatic heterocycles. The molecule has 3 heterocycles. The van der Waals surface area contributed by atoms with Gasteiger partial charge in [0.2, 0.25) is 0 Å². The van der Waals surface area contributed by atoms with E-state index in [1.54, 1.807) is 4.90 Å². The van der Waals surface area contributed by atoms with Crippen molar-refractivity contribution in [1.29, 1.82) is 0 Å². The SMILES string of the molecule is Cc1ccc(C)c(-c2nn(-c3ccccc3)cc2/C=C2/SC(=S)N(CC3CCCO3)C2=O)c1. The summed E-state index contributed by atoms with van der Waals surface area (Å²) in [5.41, 5.74) is 6.08. The lowest BCUT2D eigenvalue weighted by molar-refractivity contribution is -0.123. The quantitative estimate of drug-likeness (QED) is 0.358. The molecule has 1 aromatic heterocycles. The van der Waals surface area contributed by atoms with E-state index in [2.05, 4.69) is 32.0 Å². The number of carbonyl (C=O) groups excluding carboxylic acids is 1. The average molecular weight is 476 g/mol. The Morgan fingerprint density at radius 2 is 2.03 bits per heavy atom. The zero-order valence-corrected chi connectivity index (χ0v) is 20.3. The van der Waals surface area contributed by atoms with Crippen LogP contribution in [-0.2, 0) is 9.53 Å². The Morgan fingerprint density at radius 1 is 1.21 bits per heavy atom. The largest absolute Gasteiger partial charge is 0.376 e. The first-order chi connectivity index (χ1) is 16.0. The molecule has 3 aromatic rings. The molecule has 0 saturated carbocycles. The fourth-order valence-corrected chi connectivity index (χ4v) is 5.46. The fourth-order valence-electron chi connectivity index (χ4n) is 4.20. The van der Waals surface area contributed by atoms with Gasteiger partial charge in [-0.2, -0.15) is 5.10 Å². The molecule has 2 aromatic carbocycles. The Morgan fingerprint density at radius 3 is 2.79 bits per heavy atom. The van der Waals surface area contributed by atoms with Gasteiger partial charge in [0, 0.05) is 23.9 Å². The van der Waals surface area contributed by atoms with Gasteiger partial charge in [-0.05, 0) is 56.5 Å². The molecule has 0 aliphatic carbocycles. The van der Waals surface area contributed by atoms with Crippen molar-refractivity contribution in [2.24, 2.45) is 0 Å². The maximum atomic E-state index is 13.2. The monoisotopic (exact) mass is 475 g/mol. The van der Waals surface area contributed by atoms with E-state index in [0.29, 0.717) is 15.8 Å². The summed E-state index contributed by atoms with van der Waals surface area (Å²) in [6.07, 6.45) is 5.99. The van der Waals surface area contributed by atoms with Crippen molar-refractivity contribution in [2.75, 3.05) is 13.2 Å². The zero-order valence-electron chi connectivity index (χ0n) is 18.7. The summed E-state index contributed by atoms with van der Waals surface area (Å²) in [5, 5.41) is 4.93. The molecule has 1 unspecified atom stereocenters. The highest BCUT2D eigenvalue weighted by molar-refractivity contribution is 8.26. The summed E-state index contributed by atoms with van der Waals surface area (Å²) >= 11 is 6.89. The third kappa shape index (κ3) is 4.53. The van der Waals surface area contributed by atoms with Crippen molar-refractivity contribution in [3.05, 3.63) is 76.3 Å². The minimum absolute atomic E-state index is 0.0557. The van der Waals surface area contributed by atoms with Gasteiger partial charge in [0.05, 0.1) is 23.2 Å². The summed E-state index contributed by atoms with van der Waals surface area (Å²) in [4.78, 5) is 15.5. The van der Waals surface area contributed by atoms with Crippen LogP contribution in [0, 0.1) is 13.8 Å². The van der Waals surface area contributed by atoms with Crippen LogP contribution in [0.3, 0.4) is 0 Å². The number of hydrogen-bond acceptors (Lipinski definition) is 5. The third-order valence-electron chi connectivity index (χ3n) is 5.98. The molecule has 33 heavy (non-hydrogen) atoms. The maximum Gasteiger partial charge on any atom is 0.266 e. The Kier molecular flexibility index (Phi) is 6.19. The van der Waals surface area contributed by atoms with Crippen molar-refractivity contribution in [2.45, 2.75) is 32.8 Å². The number of rotatable bonds is 5. The van der Waals surface area contributed by atoms with Crippen LogP contribution < -0.4 is 0 Å². The van der Waals surface area contributed by atoms with E-state index < -0.39 is 0 Å². The van der Waals surface area contributed by atoms with Crippen LogP contribution in [0.25, 0.3) is 23.0 Å². The van der Waals surface area contributed by atoms with Crippen LogP contribution in [0.2, 0.25) is 0 Å². The fraction of sp³-hybridized carbons (Fsp3) is 0.269. The molecule has 1 amide bonds. The molecule has 0 N–H and O–H groups in total. The number of carbonyl (C=O) groups is 1. The second-order valence-electron chi connectivity index (χ2n) is 8.46. The molecule has 0 spiro atoms. The van der Waals surface area contributed by atoms with Crippen molar-refractivity contribution in [1.82, 2.24) is 14.7 Å². The van der Waals surface area contributed by atoms with Crippen LogP contribution >= 0.6 is 24.0 Å². The first-order valence-electron chi connectivity index (χ1n) is 11.1. The Balaban J connectivity index is 1.55. The van der Waals surface area contributed by atoms with Gasteiger partial charge < -0.3 is 4.74 Å². The summed E-state index contributed by atoms with van der Waals surface area (Å²) in [6.45, 7) is 5.44. The van der Waals surface area contributed by atoms with Crippen molar-refractivity contribution >= 4 is 40.3 Å². The Hall–Kier alpha value is -2.74. The zero-order chi connectivity index (χ0) is 22.9. The maximum absolute atomic E-state index is 13.2. The lowest BCUT2D eigenvalue weighted by atomic mass is 10.0. The molecule has 7 heteroatoms. The average Bonchev–Trinajstić information content (AvgIpc) is 3.54. The van der Waals surface area contributed by atoms with E-state index in [4.69, 9.17) is 22.1 Å². The predicted octanol–water partition coefficient (Wildman–Crippen LogP) is 5.54. The van der Waals surface area contributed by atoms with Gasteiger partial charge in [-0.3, -0.25) is 9.69 Å². The van der Waals surface area contributed by atoms with E-state index in [0.717, 1.165) is 47.5 Å². The molecule has 0 bridgehead atoms. The highest BCUT2D eigenvalue weighted by atomic mass is 32.2. The Bertz CT molecular complexity index is 1240. The van der Waals surface area contributed by atoms with Crippen molar-refractivity contribution in [3.63, 3.8) is 0 Å². The highest BCUT2D eigenvalue weighted by Crippen LogP contribution is 2.36. The number of aromatic nitrogens is 2. The summed E-state index contributed by atoms with van der Waals surface area (Å²) in [5.74, 6) is -0.0557. The topological polar surface area (TPSA) is 47.4 Å². The van der Waals surface area contributed by atoms with E-state index >= 15 is 0 Å². The minimum atomic E-state index is -0.0557. The lowest BCUT2D eigenvalue weighted by Gasteiger charge is -2.18. The van der Waals surface area contributed by atoms with Gasteiger partial charge >= 0.3 is 0 Å². The number of thiocarbonyl (C=S) groups is 1. The van der Waals surface area contributed by atoms with E-state index in [9.17, 15) is 4.79 Å². The molecular weight excluding hydrogens is 450 g/mol. The van der Waals surface area contributed by atoms with Crippen LogP contribution in [0.1, 0.15) is 29.5 Å². The summed E-state index contributed by atoms with van der Waals surface area (Å²) in [7, 11) is 0. The summed E-state index contributed by atoms with van der Waals surface area (Å²) in [6, 6.07) is 16.4. The van der Waals surface area contributed by atoms with Gasteiger partial charge in [-0.15, -0.1) is 0 Å². The molecule has 5 nitrogen and oxygen atoms in total. The number of nitrogens with zero attached hydrogens (tertiary/aromatic N) is 3.